The topological polar surface area (TPSA) is 30.7 Å². The van der Waals surface area contributed by atoms with Crippen LogP contribution >= 0.6 is 11.6 Å². The fourth-order valence-electron chi connectivity index (χ4n) is 2.56. The summed E-state index contributed by atoms with van der Waals surface area (Å²) in [6.45, 7) is 8.10. The molecule has 0 amide bonds. The number of aromatic nitrogens is 3. The van der Waals surface area contributed by atoms with Gasteiger partial charge in [0.2, 0.25) is 0 Å². The first kappa shape index (κ1) is 13.1. The Balaban J connectivity index is 2.34. The van der Waals surface area contributed by atoms with E-state index in [9.17, 15) is 0 Å². The van der Waals surface area contributed by atoms with Gasteiger partial charge in [0.25, 0.3) is 0 Å². The highest BCUT2D eigenvalue weighted by Gasteiger charge is 2.13. The Morgan fingerprint density at radius 3 is 2.45 bits per heavy atom. The summed E-state index contributed by atoms with van der Waals surface area (Å²) in [6, 6.07) is 8.04. The van der Waals surface area contributed by atoms with Crippen LogP contribution in [0.3, 0.4) is 0 Å². The summed E-state index contributed by atoms with van der Waals surface area (Å²) in [5.41, 5.74) is 6.07. The molecule has 0 spiro atoms. The zero-order valence-electron chi connectivity index (χ0n) is 12.0. The van der Waals surface area contributed by atoms with Crippen molar-refractivity contribution in [2.75, 3.05) is 0 Å². The van der Waals surface area contributed by atoms with Gasteiger partial charge < -0.3 is 0 Å². The van der Waals surface area contributed by atoms with Crippen molar-refractivity contribution in [1.82, 2.24) is 14.8 Å². The van der Waals surface area contributed by atoms with Crippen molar-refractivity contribution in [2.24, 2.45) is 0 Å². The zero-order chi connectivity index (χ0) is 14.4. The molecule has 0 N–H and O–H groups in total. The highest BCUT2D eigenvalue weighted by molar-refractivity contribution is 6.31. The second kappa shape index (κ2) is 4.60. The van der Waals surface area contributed by atoms with Crippen molar-refractivity contribution in [1.29, 1.82) is 0 Å². The smallest absolute Gasteiger partial charge is 0.163 e. The van der Waals surface area contributed by atoms with Crippen LogP contribution in [-0.2, 0) is 0 Å². The Labute approximate surface area is 123 Å². The van der Waals surface area contributed by atoms with E-state index in [0.717, 1.165) is 38.7 Å². The summed E-state index contributed by atoms with van der Waals surface area (Å²) < 4.78 is 1.87. The SMILES string of the molecule is Cc1cc(C)c2c(C)nn(-c3ccc(C)c(Cl)c3)c2n1. The van der Waals surface area contributed by atoms with E-state index in [1.807, 2.05) is 43.7 Å². The normalized spacial score (nSPS) is 11.2. The van der Waals surface area contributed by atoms with Crippen molar-refractivity contribution in [3.8, 4) is 5.69 Å². The second-order valence-electron chi connectivity index (χ2n) is 5.21. The summed E-state index contributed by atoms with van der Waals surface area (Å²) in [4.78, 5) is 4.64. The van der Waals surface area contributed by atoms with Gasteiger partial charge in [0.15, 0.2) is 5.65 Å². The zero-order valence-corrected chi connectivity index (χ0v) is 12.8. The molecular formula is C16H16ClN3. The lowest BCUT2D eigenvalue weighted by atomic mass is 10.1. The summed E-state index contributed by atoms with van der Waals surface area (Å²) in [5.74, 6) is 0. The van der Waals surface area contributed by atoms with Gasteiger partial charge in [-0.1, -0.05) is 17.7 Å². The lowest BCUT2D eigenvalue weighted by molar-refractivity contribution is 0.875. The van der Waals surface area contributed by atoms with Crippen LogP contribution in [0.25, 0.3) is 16.7 Å². The van der Waals surface area contributed by atoms with E-state index >= 15 is 0 Å². The van der Waals surface area contributed by atoms with Gasteiger partial charge in [0.1, 0.15) is 0 Å². The monoisotopic (exact) mass is 285 g/mol. The quantitative estimate of drug-likeness (QED) is 0.667. The summed E-state index contributed by atoms with van der Waals surface area (Å²) in [5, 5.41) is 6.49. The molecule has 20 heavy (non-hydrogen) atoms. The van der Waals surface area contributed by atoms with Crippen molar-refractivity contribution < 1.29 is 0 Å². The molecular weight excluding hydrogens is 270 g/mol. The highest BCUT2D eigenvalue weighted by atomic mass is 35.5. The Morgan fingerprint density at radius 2 is 1.75 bits per heavy atom. The number of hydrogen-bond acceptors (Lipinski definition) is 2. The average Bonchev–Trinajstić information content (AvgIpc) is 2.70. The minimum atomic E-state index is 0.744. The first-order chi connectivity index (χ1) is 9.47. The molecule has 2 heterocycles. The molecule has 1 aromatic carbocycles. The van der Waals surface area contributed by atoms with Gasteiger partial charge >= 0.3 is 0 Å². The van der Waals surface area contributed by atoms with E-state index < -0.39 is 0 Å². The molecule has 0 saturated carbocycles. The lowest BCUT2D eigenvalue weighted by Crippen LogP contribution is -1.99. The summed E-state index contributed by atoms with van der Waals surface area (Å²) in [6.07, 6.45) is 0. The maximum atomic E-state index is 6.22. The Bertz CT molecular complexity index is 818. The third-order valence-electron chi connectivity index (χ3n) is 3.54. The average molecular weight is 286 g/mol. The minimum absolute atomic E-state index is 0.744. The first-order valence-corrected chi connectivity index (χ1v) is 6.95. The first-order valence-electron chi connectivity index (χ1n) is 6.57. The van der Waals surface area contributed by atoms with Crippen molar-refractivity contribution in [3.05, 3.63) is 51.8 Å². The molecule has 0 aliphatic carbocycles. The number of halogens is 1. The fourth-order valence-corrected chi connectivity index (χ4v) is 2.73. The van der Waals surface area contributed by atoms with Gasteiger partial charge in [-0.15, -0.1) is 0 Å². The minimum Gasteiger partial charge on any atom is -0.233 e. The lowest BCUT2D eigenvalue weighted by Gasteiger charge is -2.06. The molecule has 0 unspecified atom stereocenters. The van der Waals surface area contributed by atoms with E-state index in [1.54, 1.807) is 0 Å². The van der Waals surface area contributed by atoms with Crippen molar-refractivity contribution >= 4 is 22.6 Å². The van der Waals surface area contributed by atoms with Gasteiger partial charge in [-0.05, 0) is 57.0 Å². The molecule has 0 fully saturated rings. The molecule has 2 aromatic heterocycles. The molecule has 0 saturated heterocycles. The molecule has 3 nitrogen and oxygen atoms in total. The van der Waals surface area contributed by atoms with Gasteiger partial charge in [-0.3, -0.25) is 0 Å². The van der Waals surface area contributed by atoms with Crippen LogP contribution in [0.4, 0.5) is 0 Å². The van der Waals surface area contributed by atoms with Crippen molar-refractivity contribution in [3.63, 3.8) is 0 Å². The van der Waals surface area contributed by atoms with E-state index in [0.29, 0.717) is 0 Å². The van der Waals surface area contributed by atoms with Crippen LogP contribution in [-0.4, -0.2) is 14.8 Å². The number of pyridine rings is 1. The number of aryl methyl sites for hydroxylation is 4. The summed E-state index contributed by atoms with van der Waals surface area (Å²) in [7, 11) is 0. The van der Waals surface area contributed by atoms with E-state index in [4.69, 9.17) is 11.6 Å². The number of fused-ring (bicyclic) bond motifs is 1. The molecule has 0 radical (unpaired) electrons. The maximum absolute atomic E-state index is 6.22. The van der Waals surface area contributed by atoms with Gasteiger partial charge in [-0.25, -0.2) is 9.67 Å². The molecule has 4 heteroatoms. The summed E-state index contributed by atoms with van der Waals surface area (Å²) >= 11 is 6.22. The van der Waals surface area contributed by atoms with E-state index in [2.05, 4.69) is 23.1 Å². The van der Waals surface area contributed by atoms with Gasteiger partial charge in [-0.2, -0.15) is 5.10 Å². The third-order valence-corrected chi connectivity index (χ3v) is 3.95. The predicted molar refractivity (Wildman–Crippen MR) is 82.8 cm³/mol. The van der Waals surface area contributed by atoms with Gasteiger partial charge in [0.05, 0.1) is 11.4 Å². The molecule has 0 aliphatic heterocycles. The van der Waals surface area contributed by atoms with E-state index in [1.165, 1.54) is 5.56 Å². The maximum Gasteiger partial charge on any atom is 0.163 e. The van der Waals surface area contributed by atoms with Crippen LogP contribution in [0, 0.1) is 27.7 Å². The van der Waals surface area contributed by atoms with Crippen LogP contribution < -0.4 is 0 Å². The molecule has 0 bridgehead atoms. The van der Waals surface area contributed by atoms with Crippen LogP contribution in [0.5, 0.6) is 0 Å². The number of nitrogens with zero attached hydrogens (tertiary/aromatic N) is 3. The number of rotatable bonds is 1. The second-order valence-corrected chi connectivity index (χ2v) is 5.62. The largest absolute Gasteiger partial charge is 0.233 e. The Morgan fingerprint density at radius 1 is 1.00 bits per heavy atom. The van der Waals surface area contributed by atoms with E-state index in [-0.39, 0.29) is 0 Å². The van der Waals surface area contributed by atoms with Crippen LogP contribution in [0.15, 0.2) is 24.3 Å². The van der Waals surface area contributed by atoms with Crippen LogP contribution in [0.2, 0.25) is 5.02 Å². The molecule has 102 valence electrons. The Kier molecular flexibility index (Phi) is 3.02. The molecule has 3 rings (SSSR count). The Hall–Kier alpha value is -1.87. The van der Waals surface area contributed by atoms with Crippen LogP contribution in [0.1, 0.15) is 22.5 Å². The van der Waals surface area contributed by atoms with Crippen molar-refractivity contribution in [2.45, 2.75) is 27.7 Å². The van der Waals surface area contributed by atoms with Gasteiger partial charge in [0, 0.05) is 16.1 Å². The predicted octanol–water partition coefficient (Wildman–Crippen LogP) is 4.31. The molecule has 3 aromatic rings. The highest BCUT2D eigenvalue weighted by Crippen LogP contribution is 2.26. The standard InChI is InChI=1S/C16H16ClN3/c1-9-5-6-13(8-14(9)17)20-16-15(12(4)19-20)10(2)7-11(3)18-16/h5-8H,1-4H3. The molecule has 0 atom stereocenters. The molecule has 0 aliphatic rings. The fraction of sp³-hybridized carbons (Fsp3) is 0.250. The number of benzene rings is 1. The number of hydrogen-bond donors (Lipinski definition) is 0. The third kappa shape index (κ3) is 1.98.